The molecule has 1 rings (SSSR count). The number of sulfonamides is 1. The van der Waals surface area contributed by atoms with Crippen molar-refractivity contribution in [3.8, 4) is 0 Å². The molecule has 4 nitrogen and oxygen atoms in total. The van der Waals surface area contributed by atoms with Crippen molar-refractivity contribution < 1.29 is 13.2 Å². The van der Waals surface area contributed by atoms with Crippen LogP contribution in [0.25, 0.3) is 0 Å². The van der Waals surface area contributed by atoms with E-state index in [0.29, 0.717) is 13.0 Å². The van der Waals surface area contributed by atoms with Gasteiger partial charge in [-0.15, -0.1) is 0 Å². The largest absolute Gasteiger partial charge is 0.298 e. The Labute approximate surface area is 115 Å². The summed E-state index contributed by atoms with van der Waals surface area (Å²) in [6.45, 7) is 7.18. The van der Waals surface area contributed by atoms with Crippen molar-refractivity contribution in [1.82, 2.24) is 4.31 Å². The Hall–Kier alpha value is -1.20. The highest BCUT2D eigenvalue weighted by Crippen LogP contribution is 2.19. The number of Topliss-reactive ketones (excluding diaryl/α,β-unsaturated/α-hetero) is 1. The SMILES string of the molecule is CCCN(C(C)C(C)=O)S(=O)(=O)c1ccc(C)cc1. The lowest BCUT2D eigenvalue weighted by atomic mass is 10.2. The van der Waals surface area contributed by atoms with E-state index in [2.05, 4.69) is 0 Å². The Kier molecular flexibility index (Phi) is 5.26. The molecule has 0 bridgehead atoms. The molecule has 0 N–H and O–H groups in total. The Morgan fingerprint density at radius 2 is 1.79 bits per heavy atom. The monoisotopic (exact) mass is 283 g/mol. The van der Waals surface area contributed by atoms with Crippen molar-refractivity contribution in [3.05, 3.63) is 29.8 Å². The highest BCUT2D eigenvalue weighted by molar-refractivity contribution is 7.89. The summed E-state index contributed by atoms with van der Waals surface area (Å²) >= 11 is 0. The van der Waals surface area contributed by atoms with Gasteiger partial charge in [-0.2, -0.15) is 4.31 Å². The van der Waals surface area contributed by atoms with Gasteiger partial charge in [0.15, 0.2) is 0 Å². The van der Waals surface area contributed by atoms with Crippen LogP contribution in [0.3, 0.4) is 0 Å². The van der Waals surface area contributed by atoms with Crippen LogP contribution in [0.4, 0.5) is 0 Å². The zero-order valence-corrected chi connectivity index (χ0v) is 12.7. The van der Waals surface area contributed by atoms with E-state index >= 15 is 0 Å². The third-order valence-corrected chi connectivity index (χ3v) is 5.08. The molecule has 1 unspecified atom stereocenters. The van der Waals surface area contributed by atoms with E-state index in [1.54, 1.807) is 31.2 Å². The molecule has 1 aromatic carbocycles. The summed E-state index contributed by atoms with van der Waals surface area (Å²) in [5.41, 5.74) is 1.00. The van der Waals surface area contributed by atoms with Crippen LogP contribution < -0.4 is 0 Å². The van der Waals surface area contributed by atoms with Gasteiger partial charge in [0.1, 0.15) is 5.78 Å². The zero-order valence-electron chi connectivity index (χ0n) is 11.9. The lowest BCUT2D eigenvalue weighted by Gasteiger charge is -2.26. The number of benzene rings is 1. The van der Waals surface area contributed by atoms with Gasteiger partial charge in [-0.05, 0) is 39.3 Å². The predicted octanol–water partition coefficient (Wildman–Crippen LogP) is 2.37. The molecule has 106 valence electrons. The lowest BCUT2D eigenvalue weighted by Crippen LogP contribution is -2.42. The van der Waals surface area contributed by atoms with Crippen molar-refractivity contribution in [2.24, 2.45) is 0 Å². The smallest absolute Gasteiger partial charge is 0.243 e. The maximum absolute atomic E-state index is 12.6. The number of nitrogens with zero attached hydrogens (tertiary/aromatic N) is 1. The molecule has 0 aromatic heterocycles. The molecule has 0 spiro atoms. The van der Waals surface area contributed by atoms with E-state index < -0.39 is 16.1 Å². The van der Waals surface area contributed by atoms with Gasteiger partial charge in [-0.25, -0.2) is 8.42 Å². The van der Waals surface area contributed by atoms with Crippen molar-refractivity contribution >= 4 is 15.8 Å². The summed E-state index contributed by atoms with van der Waals surface area (Å²) in [5, 5.41) is 0. The fraction of sp³-hybridized carbons (Fsp3) is 0.500. The summed E-state index contributed by atoms with van der Waals surface area (Å²) in [6, 6.07) is 6.05. The molecule has 0 radical (unpaired) electrons. The van der Waals surface area contributed by atoms with Crippen molar-refractivity contribution in [2.75, 3.05) is 6.54 Å². The second kappa shape index (κ2) is 6.30. The molecule has 0 aliphatic carbocycles. The van der Waals surface area contributed by atoms with Crippen LogP contribution in [0.15, 0.2) is 29.2 Å². The molecule has 0 saturated heterocycles. The molecule has 0 saturated carbocycles. The van der Waals surface area contributed by atoms with Crippen molar-refractivity contribution in [1.29, 1.82) is 0 Å². The molecule has 5 heteroatoms. The van der Waals surface area contributed by atoms with Gasteiger partial charge in [0.05, 0.1) is 10.9 Å². The molecule has 1 atom stereocenters. The minimum absolute atomic E-state index is 0.149. The van der Waals surface area contributed by atoms with Crippen LogP contribution in [0.1, 0.15) is 32.8 Å². The summed E-state index contributed by atoms with van der Waals surface area (Å²) in [7, 11) is -3.61. The van der Waals surface area contributed by atoms with Gasteiger partial charge in [-0.3, -0.25) is 4.79 Å². The first-order chi connectivity index (χ1) is 8.80. The van der Waals surface area contributed by atoms with E-state index in [9.17, 15) is 13.2 Å². The van der Waals surface area contributed by atoms with E-state index in [1.165, 1.54) is 11.2 Å². The maximum Gasteiger partial charge on any atom is 0.243 e. The number of hydrogen-bond acceptors (Lipinski definition) is 3. The molecular formula is C14H21NO3S. The number of carbonyl (C=O) groups is 1. The van der Waals surface area contributed by atoms with Gasteiger partial charge < -0.3 is 0 Å². The summed E-state index contributed by atoms with van der Waals surface area (Å²) in [5.74, 6) is -0.149. The van der Waals surface area contributed by atoms with Gasteiger partial charge in [0.2, 0.25) is 10.0 Å². The summed E-state index contributed by atoms with van der Waals surface area (Å²) in [4.78, 5) is 11.7. The Morgan fingerprint density at radius 3 is 2.21 bits per heavy atom. The normalized spacial score (nSPS) is 13.5. The van der Waals surface area contributed by atoms with Gasteiger partial charge in [0, 0.05) is 6.54 Å². The topological polar surface area (TPSA) is 54.5 Å². The molecular weight excluding hydrogens is 262 g/mol. The fourth-order valence-electron chi connectivity index (χ4n) is 1.79. The number of carbonyl (C=O) groups excluding carboxylic acids is 1. The first kappa shape index (κ1) is 15.9. The van der Waals surface area contributed by atoms with Crippen molar-refractivity contribution in [2.45, 2.75) is 45.1 Å². The third kappa shape index (κ3) is 3.64. The Balaban J connectivity index is 3.19. The van der Waals surface area contributed by atoms with Crippen LogP contribution >= 0.6 is 0 Å². The van der Waals surface area contributed by atoms with Crippen molar-refractivity contribution in [3.63, 3.8) is 0 Å². The van der Waals surface area contributed by atoms with Gasteiger partial charge in [-0.1, -0.05) is 24.6 Å². The minimum atomic E-state index is -3.61. The van der Waals surface area contributed by atoms with Crippen LogP contribution in [0.5, 0.6) is 0 Å². The first-order valence-corrected chi connectivity index (χ1v) is 7.83. The molecule has 0 aliphatic heterocycles. The van der Waals surface area contributed by atoms with Crippen LogP contribution in [-0.4, -0.2) is 31.1 Å². The van der Waals surface area contributed by atoms with Crippen LogP contribution in [0, 0.1) is 6.92 Å². The van der Waals surface area contributed by atoms with E-state index in [4.69, 9.17) is 0 Å². The number of aryl methyl sites for hydroxylation is 1. The van der Waals surface area contributed by atoms with Crippen LogP contribution in [0.2, 0.25) is 0 Å². The number of rotatable bonds is 6. The minimum Gasteiger partial charge on any atom is -0.298 e. The van der Waals surface area contributed by atoms with E-state index in [1.807, 2.05) is 13.8 Å². The first-order valence-electron chi connectivity index (χ1n) is 6.39. The number of hydrogen-bond donors (Lipinski definition) is 0. The average Bonchev–Trinajstić information content (AvgIpc) is 2.35. The Bertz CT molecular complexity index is 534. The number of ketones is 1. The summed E-state index contributed by atoms with van der Waals surface area (Å²) < 4.78 is 26.4. The third-order valence-electron chi connectivity index (χ3n) is 3.09. The molecule has 0 fully saturated rings. The molecule has 0 amide bonds. The van der Waals surface area contributed by atoms with E-state index in [0.717, 1.165) is 5.56 Å². The zero-order chi connectivity index (χ0) is 14.6. The highest BCUT2D eigenvalue weighted by atomic mass is 32.2. The lowest BCUT2D eigenvalue weighted by molar-refractivity contribution is -0.120. The maximum atomic E-state index is 12.6. The quantitative estimate of drug-likeness (QED) is 0.805. The Morgan fingerprint density at radius 1 is 1.26 bits per heavy atom. The highest BCUT2D eigenvalue weighted by Gasteiger charge is 2.30. The predicted molar refractivity (Wildman–Crippen MR) is 75.5 cm³/mol. The van der Waals surface area contributed by atoms with Gasteiger partial charge in [0.25, 0.3) is 0 Å². The van der Waals surface area contributed by atoms with E-state index in [-0.39, 0.29) is 10.7 Å². The second-order valence-corrected chi connectivity index (χ2v) is 6.61. The fourth-order valence-corrected chi connectivity index (χ4v) is 3.53. The summed E-state index contributed by atoms with van der Waals surface area (Å²) in [6.07, 6.45) is 0.669. The molecule has 1 aromatic rings. The standard InChI is InChI=1S/C14H21NO3S/c1-5-10-15(12(3)13(4)16)19(17,18)14-8-6-11(2)7-9-14/h6-9,12H,5,10H2,1-4H3. The molecule has 0 aliphatic rings. The molecule has 19 heavy (non-hydrogen) atoms. The van der Waals surface area contributed by atoms with Gasteiger partial charge >= 0.3 is 0 Å². The van der Waals surface area contributed by atoms with Crippen LogP contribution in [-0.2, 0) is 14.8 Å². The molecule has 0 heterocycles. The second-order valence-electron chi connectivity index (χ2n) is 4.72. The average molecular weight is 283 g/mol.